The molecule has 2 aromatic rings. The minimum absolute atomic E-state index is 0.715. The van der Waals surface area contributed by atoms with Crippen LogP contribution in [0.5, 0.6) is 0 Å². The predicted molar refractivity (Wildman–Crippen MR) is 71.9 cm³/mol. The Balaban J connectivity index is 2.30. The average molecular weight is 261 g/mol. The number of rotatable bonds is 3. The Labute approximate surface area is 110 Å². The van der Waals surface area contributed by atoms with Gasteiger partial charge >= 0.3 is 0 Å². The summed E-state index contributed by atoms with van der Waals surface area (Å²) in [6, 6.07) is 3.84. The molecule has 0 aliphatic rings. The van der Waals surface area contributed by atoms with Gasteiger partial charge in [0.15, 0.2) is 5.16 Å². The number of anilines is 1. The summed E-state index contributed by atoms with van der Waals surface area (Å²) in [4.78, 5) is 17.4. The van der Waals surface area contributed by atoms with E-state index in [-0.39, 0.29) is 0 Å². The van der Waals surface area contributed by atoms with Gasteiger partial charge < -0.3 is 5.32 Å². The molecule has 2 heterocycles. The summed E-state index contributed by atoms with van der Waals surface area (Å²) in [6.07, 6.45) is 0. The van der Waals surface area contributed by atoms with Gasteiger partial charge in [0.1, 0.15) is 16.7 Å². The van der Waals surface area contributed by atoms with Crippen molar-refractivity contribution in [1.82, 2.24) is 19.9 Å². The molecule has 1 N–H and O–H groups in total. The summed E-state index contributed by atoms with van der Waals surface area (Å²) in [6.45, 7) is 5.79. The molecule has 0 amide bonds. The van der Waals surface area contributed by atoms with Crippen LogP contribution in [-0.4, -0.2) is 27.0 Å². The molecule has 0 fully saturated rings. The quantitative estimate of drug-likeness (QED) is 0.676. The number of aromatic nitrogens is 4. The van der Waals surface area contributed by atoms with Crippen molar-refractivity contribution in [1.29, 1.82) is 0 Å². The molecule has 2 rings (SSSR count). The van der Waals surface area contributed by atoms with Gasteiger partial charge in [-0.05, 0) is 38.6 Å². The highest BCUT2D eigenvalue weighted by molar-refractivity contribution is 7.99. The van der Waals surface area contributed by atoms with Gasteiger partial charge in [0, 0.05) is 24.5 Å². The summed E-state index contributed by atoms with van der Waals surface area (Å²) in [7, 11) is 1.84. The largest absolute Gasteiger partial charge is 0.373 e. The molecule has 5 nitrogen and oxygen atoms in total. The Morgan fingerprint density at radius 1 is 0.944 bits per heavy atom. The average Bonchev–Trinajstić information content (AvgIpc) is 2.26. The zero-order chi connectivity index (χ0) is 13.1. The third-order valence-electron chi connectivity index (χ3n) is 2.23. The Morgan fingerprint density at radius 3 is 2.22 bits per heavy atom. The zero-order valence-electron chi connectivity index (χ0n) is 10.9. The lowest BCUT2D eigenvalue weighted by Gasteiger charge is -2.05. The van der Waals surface area contributed by atoms with Gasteiger partial charge in [0.05, 0.1) is 0 Å². The normalized spacial score (nSPS) is 10.4. The first-order valence-corrected chi connectivity index (χ1v) is 6.42. The summed E-state index contributed by atoms with van der Waals surface area (Å²) in [5.41, 5.74) is 1.93. The van der Waals surface area contributed by atoms with Crippen LogP contribution in [0.4, 0.5) is 5.82 Å². The van der Waals surface area contributed by atoms with Crippen LogP contribution in [-0.2, 0) is 0 Å². The van der Waals surface area contributed by atoms with E-state index in [9.17, 15) is 0 Å². The van der Waals surface area contributed by atoms with Crippen molar-refractivity contribution in [3.63, 3.8) is 0 Å². The van der Waals surface area contributed by atoms with Crippen LogP contribution >= 0.6 is 11.8 Å². The summed E-state index contributed by atoms with van der Waals surface area (Å²) in [5.74, 6) is 1.53. The topological polar surface area (TPSA) is 63.6 Å². The van der Waals surface area contributed by atoms with E-state index in [0.29, 0.717) is 5.16 Å². The van der Waals surface area contributed by atoms with Crippen LogP contribution in [0.1, 0.15) is 17.2 Å². The minimum atomic E-state index is 0.715. The van der Waals surface area contributed by atoms with Crippen LogP contribution in [0.25, 0.3) is 0 Å². The summed E-state index contributed by atoms with van der Waals surface area (Å²) < 4.78 is 0. The Bertz CT molecular complexity index is 550. The van der Waals surface area contributed by atoms with E-state index in [2.05, 4.69) is 25.3 Å². The molecule has 0 aromatic carbocycles. The molecular weight excluding hydrogens is 246 g/mol. The summed E-state index contributed by atoms with van der Waals surface area (Å²) in [5, 5.41) is 4.57. The van der Waals surface area contributed by atoms with E-state index < -0.39 is 0 Å². The van der Waals surface area contributed by atoms with E-state index >= 15 is 0 Å². The van der Waals surface area contributed by atoms with Crippen LogP contribution in [0.2, 0.25) is 0 Å². The predicted octanol–water partition coefficient (Wildman–Crippen LogP) is 2.38. The van der Waals surface area contributed by atoms with E-state index in [4.69, 9.17) is 0 Å². The van der Waals surface area contributed by atoms with E-state index in [1.165, 1.54) is 11.8 Å². The molecule has 0 aliphatic carbocycles. The number of nitrogens with zero attached hydrogens (tertiary/aromatic N) is 4. The molecule has 0 bridgehead atoms. The lowest BCUT2D eigenvalue weighted by Crippen LogP contribution is -1.98. The van der Waals surface area contributed by atoms with E-state index in [0.717, 1.165) is 28.1 Å². The molecule has 6 heteroatoms. The third kappa shape index (κ3) is 3.16. The molecule has 0 aliphatic heterocycles. The first-order chi connectivity index (χ1) is 8.56. The highest BCUT2D eigenvalue weighted by Crippen LogP contribution is 2.24. The first-order valence-electron chi connectivity index (χ1n) is 5.60. The Hall–Kier alpha value is -1.69. The van der Waals surface area contributed by atoms with Crippen LogP contribution in [0, 0.1) is 20.8 Å². The highest BCUT2D eigenvalue weighted by atomic mass is 32.2. The second kappa shape index (κ2) is 5.30. The van der Waals surface area contributed by atoms with E-state index in [1.54, 1.807) is 0 Å². The van der Waals surface area contributed by atoms with Crippen molar-refractivity contribution in [3.8, 4) is 0 Å². The summed E-state index contributed by atoms with van der Waals surface area (Å²) >= 11 is 1.45. The Kier molecular flexibility index (Phi) is 3.76. The van der Waals surface area contributed by atoms with Gasteiger partial charge in [-0.25, -0.2) is 19.9 Å². The van der Waals surface area contributed by atoms with E-state index in [1.807, 2.05) is 40.0 Å². The standard InChI is InChI=1S/C12H15N5S/c1-7-5-8(2)15-12(14-7)18-11-6-10(13-4)16-9(3)17-11/h5-6H,1-4H3,(H,13,16,17). The van der Waals surface area contributed by atoms with Gasteiger partial charge in [0.25, 0.3) is 0 Å². The number of hydrogen-bond acceptors (Lipinski definition) is 6. The minimum Gasteiger partial charge on any atom is -0.373 e. The van der Waals surface area contributed by atoms with Crippen molar-refractivity contribution in [2.45, 2.75) is 31.0 Å². The van der Waals surface area contributed by atoms with Crippen molar-refractivity contribution in [3.05, 3.63) is 29.3 Å². The molecule has 18 heavy (non-hydrogen) atoms. The fourth-order valence-corrected chi connectivity index (χ4v) is 2.47. The fourth-order valence-electron chi connectivity index (χ4n) is 1.55. The molecule has 0 saturated carbocycles. The maximum Gasteiger partial charge on any atom is 0.194 e. The lowest BCUT2D eigenvalue weighted by atomic mass is 10.4. The smallest absolute Gasteiger partial charge is 0.194 e. The molecule has 0 atom stereocenters. The fraction of sp³-hybridized carbons (Fsp3) is 0.333. The molecule has 94 valence electrons. The van der Waals surface area contributed by atoms with Gasteiger partial charge in [0.2, 0.25) is 0 Å². The molecule has 0 unspecified atom stereocenters. The van der Waals surface area contributed by atoms with Crippen LogP contribution < -0.4 is 5.32 Å². The Morgan fingerprint density at radius 2 is 1.61 bits per heavy atom. The van der Waals surface area contributed by atoms with Crippen molar-refractivity contribution in [2.75, 3.05) is 12.4 Å². The second-order valence-corrected chi connectivity index (χ2v) is 4.91. The van der Waals surface area contributed by atoms with Gasteiger partial charge in [-0.2, -0.15) is 0 Å². The molecular formula is C12H15N5S. The maximum absolute atomic E-state index is 4.39. The first kappa shape index (κ1) is 12.8. The molecule has 2 aromatic heterocycles. The van der Waals surface area contributed by atoms with Crippen LogP contribution in [0.15, 0.2) is 22.3 Å². The van der Waals surface area contributed by atoms with Crippen molar-refractivity contribution in [2.24, 2.45) is 0 Å². The number of hydrogen-bond donors (Lipinski definition) is 1. The molecule has 0 radical (unpaired) electrons. The van der Waals surface area contributed by atoms with Crippen molar-refractivity contribution >= 4 is 17.6 Å². The second-order valence-electron chi connectivity index (χ2n) is 3.92. The zero-order valence-corrected chi connectivity index (χ0v) is 11.7. The maximum atomic E-state index is 4.39. The molecule has 0 spiro atoms. The highest BCUT2D eigenvalue weighted by Gasteiger charge is 2.06. The number of aryl methyl sites for hydroxylation is 3. The molecule has 0 saturated heterocycles. The van der Waals surface area contributed by atoms with Crippen molar-refractivity contribution < 1.29 is 0 Å². The monoisotopic (exact) mass is 261 g/mol. The SMILES string of the molecule is CNc1cc(Sc2nc(C)cc(C)n2)nc(C)n1. The van der Waals surface area contributed by atoms with Gasteiger partial charge in [-0.15, -0.1) is 0 Å². The van der Waals surface area contributed by atoms with Gasteiger partial charge in [-0.1, -0.05) is 0 Å². The van der Waals surface area contributed by atoms with Gasteiger partial charge in [-0.3, -0.25) is 0 Å². The third-order valence-corrected chi connectivity index (χ3v) is 3.01. The lowest BCUT2D eigenvalue weighted by molar-refractivity contribution is 0.893. The number of nitrogens with one attached hydrogen (secondary N) is 1. The van der Waals surface area contributed by atoms with Crippen LogP contribution in [0.3, 0.4) is 0 Å².